The number of amides is 3. The molecule has 3 aromatic carbocycles. The Bertz CT molecular complexity index is 1480. The number of anilines is 1. The molecule has 0 fully saturated rings. The highest BCUT2D eigenvalue weighted by Gasteiger charge is 2.38. The number of halogens is 1. The number of carbonyl (C=O) groups is 3. The number of aromatic nitrogens is 2. The summed E-state index contributed by atoms with van der Waals surface area (Å²) < 4.78 is 15.3. The predicted octanol–water partition coefficient (Wildman–Crippen LogP) is 4.19. The van der Waals surface area contributed by atoms with E-state index in [4.69, 9.17) is 0 Å². The molecule has 5 rings (SSSR count). The van der Waals surface area contributed by atoms with E-state index in [0.29, 0.717) is 17.1 Å². The minimum Gasteiger partial charge on any atom is -0.338 e. The molecule has 2 heterocycles. The quantitative estimate of drug-likeness (QED) is 0.445. The van der Waals surface area contributed by atoms with Gasteiger partial charge in [0, 0.05) is 25.0 Å². The SMILES string of the molecule is Cc1ccccc1N1C(=O)c2ccc(C(=O)N[C@@H](c3ccc(F)cc3)c3nccn3C)cc2C1=O. The van der Waals surface area contributed by atoms with Gasteiger partial charge in [0.2, 0.25) is 0 Å². The Morgan fingerprint density at radius 2 is 1.69 bits per heavy atom. The van der Waals surface area contributed by atoms with Crippen molar-refractivity contribution in [1.29, 1.82) is 0 Å². The highest BCUT2D eigenvalue weighted by Crippen LogP contribution is 2.31. The van der Waals surface area contributed by atoms with Crippen LogP contribution in [0.2, 0.25) is 0 Å². The summed E-state index contributed by atoms with van der Waals surface area (Å²) in [6, 6.07) is 16.7. The zero-order valence-corrected chi connectivity index (χ0v) is 19.0. The van der Waals surface area contributed by atoms with Crippen LogP contribution in [0, 0.1) is 12.7 Å². The van der Waals surface area contributed by atoms with Crippen molar-refractivity contribution in [3.8, 4) is 0 Å². The average molecular weight is 468 g/mol. The molecule has 1 atom stereocenters. The van der Waals surface area contributed by atoms with Gasteiger partial charge in [-0.25, -0.2) is 14.3 Å². The topological polar surface area (TPSA) is 84.3 Å². The van der Waals surface area contributed by atoms with Crippen LogP contribution in [0.4, 0.5) is 10.1 Å². The van der Waals surface area contributed by atoms with Crippen LogP contribution in [0.25, 0.3) is 0 Å². The van der Waals surface area contributed by atoms with Gasteiger partial charge >= 0.3 is 0 Å². The van der Waals surface area contributed by atoms with Crippen LogP contribution in [0.3, 0.4) is 0 Å². The molecule has 1 aromatic heterocycles. The Hall–Kier alpha value is -4.59. The lowest BCUT2D eigenvalue weighted by Crippen LogP contribution is -2.31. The van der Waals surface area contributed by atoms with Crippen LogP contribution in [-0.2, 0) is 7.05 Å². The van der Waals surface area contributed by atoms with Gasteiger partial charge in [0.1, 0.15) is 17.7 Å². The standard InChI is InChI=1S/C27H21FN4O3/c1-16-5-3-4-6-22(16)32-26(34)20-12-9-18(15-21(20)27(32)35)25(33)30-23(24-29-13-14-31(24)2)17-7-10-19(28)11-8-17/h3-15,23H,1-2H3,(H,30,33)/t23-/m0/s1. The molecular formula is C27H21FN4O3. The molecule has 0 aliphatic carbocycles. The molecule has 0 saturated carbocycles. The number of aryl methyl sites for hydroxylation is 2. The number of rotatable bonds is 5. The number of hydrogen-bond acceptors (Lipinski definition) is 4. The van der Waals surface area contributed by atoms with Crippen molar-refractivity contribution in [2.24, 2.45) is 7.05 Å². The van der Waals surface area contributed by atoms with E-state index < -0.39 is 29.6 Å². The van der Waals surface area contributed by atoms with Crippen LogP contribution in [-0.4, -0.2) is 27.3 Å². The first-order valence-electron chi connectivity index (χ1n) is 11.0. The van der Waals surface area contributed by atoms with Gasteiger partial charge < -0.3 is 9.88 Å². The molecule has 174 valence electrons. The monoisotopic (exact) mass is 468 g/mol. The first-order chi connectivity index (χ1) is 16.8. The summed E-state index contributed by atoms with van der Waals surface area (Å²) in [5, 5.41) is 2.93. The maximum atomic E-state index is 13.5. The summed E-state index contributed by atoms with van der Waals surface area (Å²) >= 11 is 0. The van der Waals surface area contributed by atoms with Gasteiger partial charge in [-0.05, 0) is 54.4 Å². The highest BCUT2D eigenvalue weighted by molar-refractivity contribution is 6.35. The Morgan fingerprint density at radius 1 is 0.971 bits per heavy atom. The fourth-order valence-corrected chi connectivity index (χ4v) is 4.24. The number of imidazole rings is 1. The van der Waals surface area contributed by atoms with Gasteiger partial charge in [-0.15, -0.1) is 0 Å². The minimum absolute atomic E-state index is 0.168. The van der Waals surface area contributed by atoms with Crippen molar-refractivity contribution >= 4 is 23.4 Å². The number of para-hydroxylation sites is 1. The predicted molar refractivity (Wildman–Crippen MR) is 128 cm³/mol. The summed E-state index contributed by atoms with van der Waals surface area (Å²) in [5.41, 5.74) is 2.58. The molecule has 0 unspecified atom stereocenters. The molecule has 0 radical (unpaired) electrons. The summed E-state index contributed by atoms with van der Waals surface area (Å²) in [7, 11) is 1.80. The summed E-state index contributed by atoms with van der Waals surface area (Å²) in [4.78, 5) is 44.9. The lowest BCUT2D eigenvalue weighted by atomic mass is 10.0. The fraction of sp³-hybridized carbons (Fsp3) is 0.111. The lowest BCUT2D eigenvalue weighted by Gasteiger charge is -2.19. The van der Waals surface area contributed by atoms with E-state index in [-0.39, 0.29) is 16.7 Å². The van der Waals surface area contributed by atoms with Crippen molar-refractivity contribution in [1.82, 2.24) is 14.9 Å². The first-order valence-corrected chi connectivity index (χ1v) is 11.0. The second-order valence-electron chi connectivity index (χ2n) is 8.35. The molecule has 4 aromatic rings. The third-order valence-corrected chi connectivity index (χ3v) is 6.10. The molecular weight excluding hydrogens is 447 g/mol. The lowest BCUT2D eigenvalue weighted by molar-refractivity contribution is 0.0922. The molecule has 1 aliphatic heterocycles. The van der Waals surface area contributed by atoms with E-state index in [0.717, 1.165) is 10.5 Å². The summed E-state index contributed by atoms with van der Waals surface area (Å²) in [6.45, 7) is 1.82. The third kappa shape index (κ3) is 3.89. The minimum atomic E-state index is -0.655. The zero-order chi connectivity index (χ0) is 24.7. The van der Waals surface area contributed by atoms with E-state index in [2.05, 4.69) is 10.3 Å². The maximum Gasteiger partial charge on any atom is 0.266 e. The summed E-state index contributed by atoms with van der Waals surface area (Å²) in [6.07, 6.45) is 3.36. The Kier molecular flexibility index (Phi) is 5.49. The number of benzene rings is 3. The maximum absolute atomic E-state index is 13.5. The van der Waals surface area contributed by atoms with Crippen LogP contribution in [0.5, 0.6) is 0 Å². The van der Waals surface area contributed by atoms with Gasteiger partial charge in [-0.3, -0.25) is 14.4 Å². The van der Waals surface area contributed by atoms with Crippen LogP contribution in [0.15, 0.2) is 79.1 Å². The molecule has 3 amide bonds. The average Bonchev–Trinajstić information content (AvgIpc) is 3.39. The first kappa shape index (κ1) is 22.2. The second-order valence-corrected chi connectivity index (χ2v) is 8.35. The number of nitrogens with one attached hydrogen (secondary N) is 1. The van der Waals surface area contributed by atoms with Gasteiger partial charge in [0.15, 0.2) is 0 Å². The Morgan fingerprint density at radius 3 is 2.37 bits per heavy atom. The number of imide groups is 1. The number of nitrogens with zero attached hydrogens (tertiary/aromatic N) is 3. The van der Waals surface area contributed by atoms with E-state index in [1.54, 1.807) is 48.3 Å². The number of carbonyl (C=O) groups excluding carboxylic acids is 3. The second kappa shape index (κ2) is 8.64. The summed E-state index contributed by atoms with van der Waals surface area (Å²) in [5.74, 6) is -1.20. The Balaban J connectivity index is 1.47. The van der Waals surface area contributed by atoms with Crippen LogP contribution < -0.4 is 10.2 Å². The highest BCUT2D eigenvalue weighted by atomic mass is 19.1. The van der Waals surface area contributed by atoms with Crippen molar-refractivity contribution < 1.29 is 18.8 Å². The molecule has 35 heavy (non-hydrogen) atoms. The van der Waals surface area contributed by atoms with E-state index >= 15 is 0 Å². The zero-order valence-electron chi connectivity index (χ0n) is 19.0. The van der Waals surface area contributed by atoms with Crippen molar-refractivity contribution in [3.05, 3.63) is 119 Å². The van der Waals surface area contributed by atoms with Gasteiger partial charge in [0.25, 0.3) is 17.7 Å². The number of hydrogen-bond donors (Lipinski definition) is 1. The van der Waals surface area contributed by atoms with E-state index in [9.17, 15) is 18.8 Å². The van der Waals surface area contributed by atoms with Gasteiger partial charge in [-0.1, -0.05) is 30.3 Å². The molecule has 8 heteroatoms. The van der Waals surface area contributed by atoms with Crippen molar-refractivity contribution in [3.63, 3.8) is 0 Å². The van der Waals surface area contributed by atoms with Crippen molar-refractivity contribution in [2.75, 3.05) is 4.90 Å². The molecule has 0 spiro atoms. The molecule has 0 saturated heterocycles. The molecule has 7 nitrogen and oxygen atoms in total. The van der Waals surface area contributed by atoms with E-state index in [1.165, 1.54) is 30.3 Å². The molecule has 1 N–H and O–H groups in total. The van der Waals surface area contributed by atoms with Crippen molar-refractivity contribution in [2.45, 2.75) is 13.0 Å². The molecule has 1 aliphatic rings. The van der Waals surface area contributed by atoms with Gasteiger partial charge in [0.05, 0.1) is 16.8 Å². The van der Waals surface area contributed by atoms with Crippen LogP contribution >= 0.6 is 0 Å². The largest absolute Gasteiger partial charge is 0.338 e. The van der Waals surface area contributed by atoms with Gasteiger partial charge in [-0.2, -0.15) is 0 Å². The smallest absolute Gasteiger partial charge is 0.266 e. The van der Waals surface area contributed by atoms with E-state index in [1.807, 2.05) is 19.1 Å². The van der Waals surface area contributed by atoms with Crippen LogP contribution in [0.1, 0.15) is 54.1 Å². The third-order valence-electron chi connectivity index (χ3n) is 6.10. The number of fused-ring (bicyclic) bond motifs is 1. The molecule has 0 bridgehead atoms. The Labute approximate surface area is 200 Å². The normalized spacial score (nSPS) is 13.6. The fourth-order valence-electron chi connectivity index (χ4n) is 4.24.